The van der Waals surface area contributed by atoms with Gasteiger partial charge in [-0.1, -0.05) is 18.5 Å². The molecule has 110 valence electrons. The Bertz CT molecular complexity index is 582. The highest BCUT2D eigenvalue weighted by Gasteiger charge is 2.14. The molecule has 0 aliphatic carbocycles. The van der Waals surface area contributed by atoms with Crippen LogP contribution in [0.2, 0.25) is 5.15 Å². The van der Waals surface area contributed by atoms with E-state index in [-0.39, 0.29) is 0 Å². The number of nitrogens with two attached hydrogens (primary N) is 1. The second-order valence-corrected chi connectivity index (χ2v) is 5.10. The molecule has 0 atom stereocenters. The molecule has 0 radical (unpaired) electrons. The van der Waals surface area contributed by atoms with Crippen LogP contribution in [0, 0.1) is 6.92 Å². The van der Waals surface area contributed by atoms with Gasteiger partial charge in [-0.2, -0.15) is 0 Å². The lowest BCUT2D eigenvalue weighted by Gasteiger charge is -2.10. The normalized spacial score (nSPS) is 11.4. The van der Waals surface area contributed by atoms with Crippen molar-refractivity contribution >= 4 is 22.6 Å². The van der Waals surface area contributed by atoms with Crippen LogP contribution in [0.3, 0.4) is 0 Å². The first-order valence-electron chi connectivity index (χ1n) is 6.97. The molecule has 0 unspecified atom stereocenters. The number of fused-ring (bicyclic) bond motifs is 1. The maximum Gasteiger partial charge on any atom is 0.134 e. The molecule has 0 spiro atoms. The average molecular weight is 297 g/mol. The van der Waals surface area contributed by atoms with E-state index in [0.717, 1.165) is 41.8 Å². The number of aryl methyl sites for hydroxylation is 2. The summed E-state index contributed by atoms with van der Waals surface area (Å²) in [6.45, 7) is 6.63. The van der Waals surface area contributed by atoms with Crippen molar-refractivity contribution in [2.75, 3.05) is 19.8 Å². The highest BCUT2D eigenvalue weighted by Crippen LogP contribution is 2.24. The van der Waals surface area contributed by atoms with Gasteiger partial charge in [0.25, 0.3) is 0 Å². The van der Waals surface area contributed by atoms with E-state index in [1.54, 1.807) is 6.20 Å². The van der Waals surface area contributed by atoms with Crippen molar-refractivity contribution in [2.45, 2.75) is 33.2 Å². The quantitative estimate of drug-likeness (QED) is 0.629. The van der Waals surface area contributed by atoms with E-state index in [1.165, 1.54) is 0 Å². The number of hydrogen-bond acceptors (Lipinski definition) is 4. The Morgan fingerprint density at radius 2 is 2.20 bits per heavy atom. The van der Waals surface area contributed by atoms with Crippen LogP contribution in [0.1, 0.15) is 24.7 Å². The molecule has 2 heterocycles. The van der Waals surface area contributed by atoms with Crippen molar-refractivity contribution in [2.24, 2.45) is 5.73 Å². The highest BCUT2D eigenvalue weighted by atomic mass is 35.5. The van der Waals surface area contributed by atoms with Gasteiger partial charge in [-0.05, 0) is 13.3 Å². The first-order chi connectivity index (χ1) is 9.69. The molecule has 20 heavy (non-hydrogen) atoms. The van der Waals surface area contributed by atoms with Gasteiger partial charge in [-0.25, -0.2) is 9.97 Å². The Labute approximate surface area is 124 Å². The summed E-state index contributed by atoms with van der Waals surface area (Å²) in [4.78, 5) is 8.84. The van der Waals surface area contributed by atoms with E-state index in [9.17, 15) is 0 Å². The largest absolute Gasteiger partial charge is 0.378 e. The molecule has 0 saturated heterocycles. The molecule has 5 nitrogen and oxygen atoms in total. The molecule has 2 rings (SSSR count). The van der Waals surface area contributed by atoms with Crippen molar-refractivity contribution in [3.63, 3.8) is 0 Å². The Balaban J connectivity index is 2.36. The summed E-state index contributed by atoms with van der Waals surface area (Å²) >= 11 is 6.13. The molecule has 0 amide bonds. The van der Waals surface area contributed by atoms with Crippen LogP contribution >= 0.6 is 11.6 Å². The second kappa shape index (κ2) is 7.02. The minimum absolute atomic E-state index is 0.532. The van der Waals surface area contributed by atoms with Crippen LogP contribution in [0.15, 0.2) is 6.20 Å². The topological polar surface area (TPSA) is 66.0 Å². The fraction of sp³-hybridized carbons (Fsp3) is 0.571. The minimum atomic E-state index is 0.532. The van der Waals surface area contributed by atoms with Crippen molar-refractivity contribution in [1.29, 1.82) is 0 Å². The Morgan fingerprint density at radius 3 is 2.90 bits per heavy atom. The first kappa shape index (κ1) is 15.2. The summed E-state index contributed by atoms with van der Waals surface area (Å²) in [5.41, 5.74) is 8.36. The van der Waals surface area contributed by atoms with Gasteiger partial charge < -0.3 is 15.0 Å². The van der Waals surface area contributed by atoms with Crippen LogP contribution in [0.5, 0.6) is 0 Å². The zero-order chi connectivity index (χ0) is 14.5. The van der Waals surface area contributed by atoms with Gasteiger partial charge in [0.05, 0.1) is 24.9 Å². The monoisotopic (exact) mass is 296 g/mol. The van der Waals surface area contributed by atoms with Gasteiger partial charge in [-0.3, -0.25) is 0 Å². The minimum Gasteiger partial charge on any atom is -0.378 e. The van der Waals surface area contributed by atoms with Crippen molar-refractivity contribution in [1.82, 2.24) is 14.5 Å². The molecule has 0 aliphatic heterocycles. The number of aromatic nitrogens is 3. The third kappa shape index (κ3) is 3.11. The molecule has 2 aromatic heterocycles. The summed E-state index contributed by atoms with van der Waals surface area (Å²) in [5, 5.41) is 0.532. The van der Waals surface area contributed by atoms with Crippen LogP contribution in [0.4, 0.5) is 0 Å². The van der Waals surface area contributed by atoms with E-state index in [4.69, 9.17) is 22.1 Å². The summed E-state index contributed by atoms with van der Waals surface area (Å²) in [5.74, 6) is 1.06. The lowest BCUT2D eigenvalue weighted by Crippen LogP contribution is -2.14. The molecule has 0 saturated carbocycles. The summed E-state index contributed by atoms with van der Waals surface area (Å²) < 4.78 is 7.68. The van der Waals surface area contributed by atoms with Crippen LogP contribution < -0.4 is 5.73 Å². The molecule has 0 bridgehead atoms. The molecule has 6 heteroatoms. The molecular weight excluding hydrogens is 276 g/mol. The summed E-state index contributed by atoms with van der Waals surface area (Å²) in [6.07, 6.45) is 3.72. The standard InChI is InChI=1S/C14H21ClN4O/c1-3-4-12-18-11-9-17-14(15)10(2)13(11)19(12)6-8-20-7-5-16/h9H,3-8,16H2,1-2H3. The van der Waals surface area contributed by atoms with Crippen LogP contribution in [-0.4, -0.2) is 34.3 Å². The number of pyridine rings is 1. The van der Waals surface area contributed by atoms with Crippen molar-refractivity contribution in [3.05, 3.63) is 22.7 Å². The van der Waals surface area contributed by atoms with Crippen molar-refractivity contribution < 1.29 is 4.74 Å². The second-order valence-electron chi connectivity index (χ2n) is 4.74. The fourth-order valence-electron chi connectivity index (χ4n) is 2.31. The maximum absolute atomic E-state index is 6.13. The van der Waals surface area contributed by atoms with E-state index >= 15 is 0 Å². The summed E-state index contributed by atoms with van der Waals surface area (Å²) in [6, 6.07) is 0. The maximum atomic E-state index is 6.13. The molecule has 2 N–H and O–H groups in total. The van der Waals surface area contributed by atoms with Gasteiger partial charge in [0.15, 0.2) is 0 Å². The predicted octanol–water partition coefficient (Wildman–Crippen LogP) is 2.32. The van der Waals surface area contributed by atoms with Gasteiger partial charge >= 0.3 is 0 Å². The molecule has 2 aromatic rings. The van der Waals surface area contributed by atoms with Gasteiger partial charge in [0.2, 0.25) is 0 Å². The van der Waals surface area contributed by atoms with Gasteiger partial charge in [0, 0.05) is 25.1 Å². The Kier molecular flexibility index (Phi) is 5.34. The molecular formula is C14H21ClN4O. The zero-order valence-electron chi connectivity index (χ0n) is 12.0. The van der Waals surface area contributed by atoms with Crippen LogP contribution in [0.25, 0.3) is 11.0 Å². The fourth-order valence-corrected chi connectivity index (χ4v) is 2.45. The Hall–Kier alpha value is -1.17. The first-order valence-corrected chi connectivity index (χ1v) is 7.34. The molecule has 0 fully saturated rings. The van der Waals surface area contributed by atoms with E-state index in [0.29, 0.717) is 24.9 Å². The van der Waals surface area contributed by atoms with Gasteiger partial charge in [0.1, 0.15) is 16.5 Å². The smallest absolute Gasteiger partial charge is 0.134 e. The number of halogens is 1. The van der Waals surface area contributed by atoms with E-state index in [1.807, 2.05) is 6.92 Å². The predicted molar refractivity (Wildman–Crippen MR) is 81.1 cm³/mol. The van der Waals surface area contributed by atoms with E-state index < -0.39 is 0 Å². The SMILES string of the molecule is CCCc1nc2cnc(Cl)c(C)c2n1CCOCCN. The van der Waals surface area contributed by atoms with Crippen molar-refractivity contribution in [3.8, 4) is 0 Å². The lowest BCUT2D eigenvalue weighted by molar-refractivity contribution is 0.133. The molecule has 0 aromatic carbocycles. The number of hydrogen-bond donors (Lipinski definition) is 1. The number of nitrogens with zero attached hydrogens (tertiary/aromatic N) is 3. The highest BCUT2D eigenvalue weighted by molar-refractivity contribution is 6.30. The van der Waals surface area contributed by atoms with Gasteiger partial charge in [-0.15, -0.1) is 0 Å². The molecule has 0 aliphatic rings. The number of ether oxygens (including phenoxy) is 1. The number of imidazole rings is 1. The Morgan fingerprint density at radius 1 is 1.40 bits per heavy atom. The van der Waals surface area contributed by atoms with Crippen LogP contribution in [-0.2, 0) is 17.7 Å². The van der Waals surface area contributed by atoms with E-state index in [2.05, 4.69) is 21.5 Å². The third-order valence-corrected chi connectivity index (χ3v) is 3.61. The lowest BCUT2D eigenvalue weighted by atomic mass is 10.2. The summed E-state index contributed by atoms with van der Waals surface area (Å²) in [7, 11) is 0. The number of rotatable bonds is 7. The average Bonchev–Trinajstić information content (AvgIpc) is 2.78. The third-order valence-electron chi connectivity index (χ3n) is 3.23. The zero-order valence-corrected chi connectivity index (χ0v) is 12.8.